The molecule has 0 unspecified atom stereocenters. The van der Waals surface area contributed by atoms with E-state index in [4.69, 9.17) is 4.74 Å². The van der Waals surface area contributed by atoms with E-state index in [0.29, 0.717) is 18.4 Å². The van der Waals surface area contributed by atoms with Gasteiger partial charge in [0, 0.05) is 23.8 Å². The topological polar surface area (TPSA) is 88.6 Å². The van der Waals surface area contributed by atoms with Crippen LogP contribution in [-0.4, -0.2) is 31.5 Å². The molecule has 0 aliphatic rings. The minimum atomic E-state index is 0.459. The third-order valence-corrected chi connectivity index (χ3v) is 4.86. The summed E-state index contributed by atoms with van der Waals surface area (Å²) in [6, 6.07) is 5.75. The van der Waals surface area contributed by atoms with E-state index < -0.39 is 0 Å². The molecule has 3 heterocycles. The van der Waals surface area contributed by atoms with Gasteiger partial charge in [-0.05, 0) is 47.5 Å². The normalized spacial score (nSPS) is 11.2. The largest absolute Gasteiger partial charge is 0.477 e. The summed E-state index contributed by atoms with van der Waals surface area (Å²) in [5.74, 6) is 1.00. The van der Waals surface area contributed by atoms with E-state index in [1.54, 1.807) is 12.4 Å². The van der Waals surface area contributed by atoms with Gasteiger partial charge < -0.3 is 15.0 Å². The number of aryl methyl sites for hydroxylation is 1. The molecular weight excluding hydrogens is 396 g/mol. The van der Waals surface area contributed by atoms with E-state index in [-0.39, 0.29) is 0 Å². The number of H-pyrrole nitrogens is 1. The van der Waals surface area contributed by atoms with Crippen LogP contribution in [0.1, 0.15) is 19.5 Å². The molecule has 8 heteroatoms. The fourth-order valence-corrected chi connectivity index (χ4v) is 3.52. The molecule has 4 aromatic rings. The molecule has 0 spiro atoms. The molecule has 0 saturated carbocycles. The molecule has 3 aromatic heterocycles. The first-order valence-corrected chi connectivity index (χ1v) is 9.17. The van der Waals surface area contributed by atoms with E-state index in [0.717, 1.165) is 44.3 Å². The van der Waals surface area contributed by atoms with Gasteiger partial charge >= 0.3 is 0 Å². The van der Waals surface area contributed by atoms with Crippen molar-refractivity contribution in [2.75, 3.05) is 11.9 Å². The Morgan fingerprint density at radius 2 is 1.92 bits per heavy atom. The van der Waals surface area contributed by atoms with Crippen LogP contribution in [0.25, 0.3) is 22.1 Å². The van der Waals surface area contributed by atoms with E-state index in [2.05, 4.69) is 53.1 Å². The highest BCUT2D eigenvalue weighted by Gasteiger charge is 2.17. The third kappa shape index (κ3) is 2.96. The summed E-state index contributed by atoms with van der Waals surface area (Å²) in [6.07, 6.45) is 4.20. The minimum absolute atomic E-state index is 0.459. The summed E-state index contributed by atoms with van der Waals surface area (Å²) in [5.41, 5.74) is 4.27. The highest BCUT2D eigenvalue weighted by atomic mass is 79.9. The first-order chi connectivity index (χ1) is 12.7. The zero-order chi connectivity index (χ0) is 18.1. The van der Waals surface area contributed by atoms with Crippen LogP contribution in [0, 0.1) is 0 Å². The molecule has 2 N–H and O–H groups in total. The molecule has 0 radical (unpaired) electrons. The van der Waals surface area contributed by atoms with Gasteiger partial charge in [-0.1, -0.05) is 6.92 Å². The van der Waals surface area contributed by atoms with Crippen molar-refractivity contribution in [1.29, 1.82) is 0 Å². The van der Waals surface area contributed by atoms with Crippen LogP contribution in [0.4, 0.5) is 11.6 Å². The van der Waals surface area contributed by atoms with Gasteiger partial charge in [0.2, 0.25) is 11.8 Å². The highest BCUT2D eigenvalue weighted by Crippen LogP contribution is 2.34. The van der Waals surface area contributed by atoms with Crippen LogP contribution in [-0.2, 0) is 6.42 Å². The number of hydrogen-bond acceptors (Lipinski definition) is 6. The second-order valence-electron chi connectivity index (χ2n) is 5.66. The highest BCUT2D eigenvalue weighted by molar-refractivity contribution is 9.10. The lowest BCUT2D eigenvalue weighted by Gasteiger charge is -2.09. The van der Waals surface area contributed by atoms with E-state index in [9.17, 15) is 0 Å². The van der Waals surface area contributed by atoms with Crippen LogP contribution >= 0.6 is 15.9 Å². The van der Waals surface area contributed by atoms with Crippen molar-refractivity contribution < 1.29 is 4.74 Å². The molecule has 0 aliphatic heterocycles. The summed E-state index contributed by atoms with van der Waals surface area (Å²) in [6.45, 7) is 4.54. The fourth-order valence-electron chi connectivity index (χ4n) is 2.79. The Bertz CT molecular complexity index is 1090. The summed E-state index contributed by atoms with van der Waals surface area (Å²) >= 11 is 3.62. The molecule has 1 aromatic carbocycles. The van der Waals surface area contributed by atoms with E-state index >= 15 is 0 Å². The Hall–Kier alpha value is -2.74. The number of rotatable bonds is 5. The monoisotopic (exact) mass is 412 g/mol. The predicted molar refractivity (Wildman–Crippen MR) is 105 cm³/mol. The number of aromatic nitrogens is 5. The number of halogens is 1. The van der Waals surface area contributed by atoms with Crippen molar-refractivity contribution in [3.05, 3.63) is 40.8 Å². The molecule has 0 aliphatic carbocycles. The quantitative estimate of drug-likeness (QED) is 0.505. The molecule has 26 heavy (non-hydrogen) atoms. The molecule has 0 atom stereocenters. The molecular formula is C18H17BrN6O. The van der Waals surface area contributed by atoms with Crippen molar-refractivity contribution >= 4 is 49.6 Å². The van der Waals surface area contributed by atoms with Crippen LogP contribution in [0.5, 0.6) is 5.88 Å². The SMILES string of the molecule is CCOc1nc(Nc2ccc3nccnc3c2)nc2[nH]c(CC)c(Br)c12. The lowest BCUT2D eigenvalue weighted by atomic mass is 10.2. The van der Waals surface area contributed by atoms with Crippen molar-refractivity contribution in [1.82, 2.24) is 24.9 Å². The fraction of sp³-hybridized carbons (Fsp3) is 0.222. The van der Waals surface area contributed by atoms with Gasteiger partial charge in [0.1, 0.15) is 5.65 Å². The molecule has 132 valence electrons. The smallest absolute Gasteiger partial charge is 0.232 e. The van der Waals surface area contributed by atoms with Gasteiger partial charge in [0.25, 0.3) is 0 Å². The van der Waals surface area contributed by atoms with Gasteiger partial charge in [-0.2, -0.15) is 9.97 Å². The van der Waals surface area contributed by atoms with Gasteiger partial charge in [0.15, 0.2) is 0 Å². The van der Waals surface area contributed by atoms with Crippen molar-refractivity contribution in [2.24, 2.45) is 0 Å². The van der Waals surface area contributed by atoms with Gasteiger partial charge in [0.05, 0.1) is 27.5 Å². The van der Waals surface area contributed by atoms with E-state index in [1.165, 1.54) is 0 Å². The number of ether oxygens (including phenoxy) is 1. The number of aromatic amines is 1. The molecule has 0 fully saturated rings. The van der Waals surface area contributed by atoms with Crippen molar-refractivity contribution in [2.45, 2.75) is 20.3 Å². The average molecular weight is 413 g/mol. The first-order valence-electron chi connectivity index (χ1n) is 8.38. The number of nitrogens with one attached hydrogen (secondary N) is 2. The number of hydrogen-bond donors (Lipinski definition) is 2. The summed E-state index contributed by atoms with van der Waals surface area (Å²) in [4.78, 5) is 21.1. The second-order valence-corrected chi connectivity index (χ2v) is 6.46. The Balaban J connectivity index is 1.77. The number of nitrogens with zero attached hydrogens (tertiary/aromatic N) is 4. The minimum Gasteiger partial charge on any atom is -0.477 e. The Labute approximate surface area is 158 Å². The van der Waals surface area contributed by atoms with Crippen molar-refractivity contribution in [3.63, 3.8) is 0 Å². The third-order valence-electron chi connectivity index (χ3n) is 3.99. The lowest BCUT2D eigenvalue weighted by molar-refractivity contribution is 0.331. The average Bonchev–Trinajstić information content (AvgIpc) is 2.98. The molecule has 7 nitrogen and oxygen atoms in total. The number of benzene rings is 1. The Morgan fingerprint density at radius 1 is 1.12 bits per heavy atom. The Morgan fingerprint density at radius 3 is 2.69 bits per heavy atom. The maximum absolute atomic E-state index is 5.74. The Kier molecular flexibility index (Phi) is 4.42. The zero-order valence-electron chi connectivity index (χ0n) is 14.4. The number of fused-ring (bicyclic) bond motifs is 2. The van der Waals surface area contributed by atoms with Gasteiger partial charge in [-0.15, -0.1) is 0 Å². The first kappa shape index (κ1) is 16.7. The standard InChI is InChI=1S/C18H17BrN6O/c1-3-11-15(19)14-16(23-11)24-18(25-17(14)26-4-2)22-10-5-6-12-13(9-10)21-8-7-20-12/h5-9H,3-4H2,1-2H3,(H2,22,23,24,25). The van der Waals surface area contributed by atoms with Gasteiger partial charge in [-0.25, -0.2) is 0 Å². The van der Waals surface area contributed by atoms with E-state index in [1.807, 2.05) is 25.1 Å². The number of anilines is 2. The van der Waals surface area contributed by atoms with Crippen LogP contribution in [0.3, 0.4) is 0 Å². The summed E-state index contributed by atoms with van der Waals surface area (Å²) < 4.78 is 6.69. The zero-order valence-corrected chi connectivity index (χ0v) is 16.0. The van der Waals surface area contributed by atoms with Crippen LogP contribution in [0.15, 0.2) is 35.1 Å². The molecule has 0 saturated heterocycles. The van der Waals surface area contributed by atoms with Crippen LogP contribution < -0.4 is 10.1 Å². The van der Waals surface area contributed by atoms with Crippen molar-refractivity contribution in [3.8, 4) is 5.88 Å². The lowest BCUT2D eigenvalue weighted by Crippen LogP contribution is -2.02. The summed E-state index contributed by atoms with van der Waals surface area (Å²) in [7, 11) is 0. The second kappa shape index (κ2) is 6.87. The molecule has 4 rings (SSSR count). The van der Waals surface area contributed by atoms with Crippen LogP contribution in [0.2, 0.25) is 0 Å². The molecule has 0 bridgehead atoms. The van der Waals surface area contributed by atoms with Gasteiger partial charge in [-0.3, -0.25) is 9.97 Å². The predicted octanol–water partition coefficient (Wildman–Crippen LogP) is 4.37. The summed E-state index contributed by atoms with van der Waals surface area (Å²) in [5, 5.41) is 4.09. The maximum atomic E-state index is 5.74. The molecule has 0 amide bonds. The maximum Gasteiger partial charge on any atom is 0.232 e.